The summed E-state index contributed by atoms with van der Waals surface area (Å²) in [7, 11) is 2.21. The molecule has 4 nitrogen and oxygen atoms in total. The van der Waals surface area contributed by atoms with Gasteiger partial charge >= 0.3 is 0 Å². The first kappa shape index (κ1) is 17.4. The number of hydrogen-bond acceptors (Lipinski definition) is 4. The maximum absolute atomic E-state index is 9.40. The van der Waals surface area contributed by atoms with Gasteiger partial charge in [-0.15, -0.1) is 0 Å². The van der Waals surface area contributed by atoms with E-state index in [4.69, 9.17) is 0 Å². The van der Waals surface area contributed by atoms with Crippen LogP contribution in [0.15, 0.2) is 42.5 Å². The Hall–Kier alpha value is -2.38. The van der Waals surface area contributed by atoms with E-state index in [-0.39, 0.29) is 0 Å². The number of aromatic nitrogens is 1. The Balaban J connectivity index is 1.65. The minimum atomic E-state index is 0.506. The van der Waals surface area contributed by atoms with Crippen LogP contribution >= 0.6 is 0 Å². The Labute approximate surface area is 150 Å². The number of piperidine rings is 1. The zero-order valence-electron chi connectivity index (χ0n) is 15.2. The number of rotatable bonds is 5. The van der Waals surface area contributed by atoms with E-state index in [1.807, 2.05) is 19.1 Å². The zero-order chi connectivity index (χ0) is 17.6. The molecule has 1 atom stereocenters. The van der Waals surface area contributed by atoms with Crippen molar-refractivity contribution in [1.82, 2.24) is 9.88 Å². The fraction of sp³-hybridized carbons (Fsp3) is 0.429. The van der Waals surface area contributed by atoms with Crippen LogP contribution in [0.4, 0.5) is 5.82 Å². The van der Waals surface area contributed by atoms with E-state index in [1.54, 1.807) is 0 Å². The van der Waals surface area contributed by atoms with E-state index in [0.29, 0.717) is 11.6 Å². The molecule has 4 heteroatoms. The zero-order valence-corrected chi connectivity index (χ0v) is 15.2. The molecule has 0 N–H and O–H groups in total. The lowest BCUT2D eigenvalue weighted by Gasteiger charge is -2.38. The summed E-state index contributed by atoms with van der Waals surface area (Å²) in [5, 5.41) is 9.40. The van der Waals surface area contributed by atoms with Crippen molar-refractivity contribution in [2.45, 2.75) is 32.2 Å². The summed E-state index contributed by atoms with van der Waals surface area (Å²) < 4.78 is 0. The Morgan fingerprint density at radius 2 is 2.04 bits per heavy atom. The highest BCUT2D eigenvalue weighted by molar-refractivity contribution is 5.54. The van der Waals surface area contributed by atoms with Gasteiger partial charge in [-0.1, -0.05) is 30.3 Å². The van der Waals surface area contributed by atoms with Crippen molar-refractivity contribution < 1.29 is 0 Å². The van der Waals surface area contributed by atoms with Gasteiger partial charge in [0.15, 0.2) is 0 Å². The number of anilines is 1. The molecule has 0 saturated carbocycles. The smallest absolute Gasteiger partial charge is 0.146 e. The molecule has 1 saturated heterocycles. The molecule has 0 spiro atoms. The summed E-state index contributed by atoms with van der Waals surface area (Å²) in [5.74, 6) is 0.851. The van der Waals surface area contributed by atoms with Crippen LogP contribution < -0.4 is 4.90 Å². The van der Waals surface area contributed by atoms with Gasteiger partial charge in [-0.25, -0.2) is 4.98 Å². The molecule has 1 aromatic carbocycles. The lowest BCUT2D eigenvalue weighted by molar-refractivity contribution is 0.217. The minimum absolute atomic E-state index is 0.506. The highest BCUT2D eigenvalue weighted by atomic mass is 15.2. The largest absolute Gasteiger partial charge is 0.354 e. The van der Waals surface area contributed by atoms with Crippen molar-refractivity contribution in [3.63, 3.8) is 0 Å². The molecule has 1 aromatic heterocycles. The number of pyridine rings is 1. The SMILES string of the molecule is Cc1ccc(C#N)c(N2CCCC(N(C)CCc3ccccc3)C2)n1. The Morgan fingerprint density at radius 1 is 1.24 bits per heavy atom. The van der Waals surface area contributed by atoms with E-state index < -0.39 is 0 Å². The van der Waals surface area contributed by atoms with Gasteiger partial charge in [-0.2, -0.15) is 5.26 Å². The van der Waals surface area contributed by atoms with Crippen molar-refractivity contribution in [3.05, 3.63) is 59.3 Å². The Kier molecular flexibility index (Phi) is 5.67. The minimum Gasteiger partial charge on any atom is -0.354 e. The number of nitriles is 1. The van der Waals surface area contributed by atoms with Crippen molar-refractivity contribution in [1.29, 1.82) is 5.26 Å². The molecule has 3 rings (SSSR count). The van der Waals surface area contributed by atoms with E-state index in [9.17, 15) is 5.26 Å². The van der Waals surface area contributed by atoms with Gasteiger partial charge in [0.05, 0.1) is 5.56 Å². The highest BCUT2D eigenvalue weighted by Gasteiger charge is 2.25. The molecule has 130 valence electrons. The molecule has 1 fully saturated rings. The van der Waals surface area contributed by atoms with Crippen LogP contribution in [-0.4, -0.2) is 42.6 Å². The summed E-state index contributed by atoms with van der Waals surface area (Å²) in [6, 6.07) is 17.2. The van der Waals surface area contributed by atoms with Gasteiger partial charge in [0.1, 0.15) is 11.9 Å². The Morgan fingerprint density at radius 3 is 2.80 bits per heavy atom. The summed E-state index contributed by atoms with van der Waals surface area (Å²) in [5.41, 5.74) is 3.03. The van der Waals surface area contributed by atoms with Crippen molar-refractivity contribution in [2.24, 2.45) is 0 Å². The topological polar surface area (TPSA) is 43.2 Å². The summed E-state index contributed by atoms with van der Waals surface area (Å²) in [4.78, 5) is 9.39. The van der Waals surface area contributed by atoms with Crippen LogP contribution in [-0.2, 0) is 6.42 Å². The fourth-order valence-electron chi connectivity index (χ4n) is 3.51. The maximum Gasteiger partial charge on any atom is 0.146 e. The first-order chi connectivity index (χ1) is 12.2. The normalized spacial score (nSPS) is 17.5. The van der Waals surface area contributed by atoms with E-state index in [2.05, 4.69) is 58.2 Å². The van der Waals surface area contributed by atoms with Crippen LogP contribution in [0.25, 0.3) is 0 Å². The summed E-state index contributed by atoms with van der Waals surface area (Å²) in [6.07, 6.45) is 3.41. The number of hydrogen-bond donors (Lipinski definition) is 0. The van der Waals surface area contributed by atoms with E-state index in [0.717, 1.165) is 44.0 Å². The number of aryl methyl sites for hydroxylation is 1. The molecule has 0 bridgehead atoms. The van der Waals surface area contributed by atoms with Crippen LogP contribution in [0.5, 0.6) is 0 Å². The van der Waals surface area contributed by atoms with E-state index in [1.165, 1.54) is 12.0 Å². The molecule has 1 unspecified atom stereocenters. The van der Waals surface area contributed by atoms with Gasteiger partial charge < -0.3 is 9.80 Å². The van der Waals surface area contributed by atoms with Gasteiger partial charge in [0.2, 0.25) is 0 Å². The maximum atomic E-state index is 9.40. The molecule has 1 aliphatic rings. The molecule has 2 heterocycles. The quantitative estimate of drug-likeness (QED) is 0.840. The molecule has 25 heavy (non-hydrogen) atoms. The van der Waals surface area contributed by atoms with Gasteiger partial charge in [0.25, 0.3) is 0 Å². The molecule has 0 aliphatic carbocycles. The average molecular weight is 334 g/mol. The molecule has 0 radical (unpaired) electrons. The first-order valence-corrected chi connectivity index (χ1v) is 9.04. The first-order valence-electron chi connectivity index (χ1n) is 9.04. The second-order valence-corrected chi connectivity index (χ2v) is 6.89. The third-order valence-corrected chi connectivity index (χ3v) is 5.05. The predicted molar refractivity (Wildman–Crippen MR) is 102 cm³/mol. The van der Waals surface area contributed by atoms with Crippen molar-refractivity contribution >= 4 is 5.82 Å². The second-order valence-electron chi connectivity index (χ2n) is 6.89. The van der Waals surface area contributed by atoms with E-state index >= 15 is 0 Å². The standard InChI is InChI=1S/C21H26N4/c1-17-10-11-19(15-22)21(23-17)25-13-6-9-20(16-25)24(2)14-12-18-7-4-3-5-8-18/h3-5,7-8,10-11,20H,6,9,12-14,16H2,1-2H3. The van der Waals surface area contributed by atoms with Crippen LogP contribution in [0, 0.1) is 18.3 Å². The average Bonchev–Trinajstić information content (AvgIpc) is 2.67. The number of nitrogens with zero attached hydrogens (tertiary/aromatic N) is 4. The summed E-state index contributed by atoms with van der Waals surface area (Å²) in [6.45, 7) is 4.96. The van der Waals surface area contributed by atoms with Gasteiger partial charge in [-0.3, -0.25) is 0 Å². The summed E-state index contributed by atoms with van der Waals surface area (Å²) >= 11 is 0. The lowest BCUT2D eigenvalue weighted by atomic mass is 10.0. The van der Waals surface area contributed by atoms with Crippen molar-refractivity contribution in [2.75, 3.05) is 31.6 Å². The third kappa shape index (κ3) is 4.37. The van der Waals surface area contributed by atoms with Crippen molar-refractivity contribution in [3.8, 4) is 6.07 Å². The molecule has 0 amide bonds. The molecule has 1 aliphatic heterocycles. The van der Waals surface area contributed by atoms with Crippen LogP contribution in [0.1, 0.15) is 29.7 Å². The van der Waals surface area contributed by atoms with Gasteiger partial charge in [-0.05, 0) is 50.9 Å². The van der Waals surface area contributed by atoms with Crippen LogP contribution in [0.3, 0.4) is 0 Å². The lowest BCUT2D eigenvalue weighted by Crippen LogP contribution is -2.47. The predicted octanol–water partition coefficient (Wildman–Crippen LogP) is 3.41. The fourth-order valence-corrected chi connectivity index (χ4v) is 3.51. The van der Waals surface area contributed by atoms with Gasteiger partial charge in [0, 0.05) is 31.4 Å². The monoisotopic (exact) mass is 334 g/mol. The third-order valence-electron chi connectivity index (χ3n) is 5.05. The number of likely N-dealkylation sites (N-methyl/N-ethyl adjacent to an activating group) is 1. The Bertz CT molecular complexity index is 735. The second kappa shape index (κ2) is 8.13. The molecule has 2 aromatic rings. The molecular weight excluding hydrogens is 308 g/mol. The molecular formula is C21H26N4. The van der Waals surface area contributed by atoms with Crippen LogP contribution in [0.2, 0.25) is 0 Å². The highest BCUT2D eigenvalue weighted by Crippen LogP contribution is 2.24. The number of benzene rings is 1.